The molecule has 1 saturated heterocycles. The number of rotatable bonds is 3. The zero-order valence-electron chi connectivity index (χ0n) is 6.92. The number of hydrogen-bond acceptors (Lipinski definition) is 3. The Balaban J connectivity index is 1.72. The number of nitrogens with one attached hydrogen (secondary N) is 1. The van der Waals surface area contributed by atoms with Crippen molar-refractivity contribution in [2.45, 2.75) is 30.7 Å². The monoisotopic (exact) mass is 175 g/mol. The highest BCUT2D eigenvalue weighted by Gasteiger charge is 2.43. The van der Waals surface area contributed by atoms with Gasteiger partial charge in [0.1, 0.15) is 5.67 Å². The van der Waals surface area contributed by atoms with Gasteiger partial charge in [0.2, 0.25) is 0 Å². The highest BCUT2D eigenvalue weighted by Crippen LogP contribution is 2.38. The molecule has 0 spiro atoms. The Bertz CT molecular complexity index is 172. The minimum absolute atomic E-state index is 0.0711. The Morgan fingerprint density at radius 1 is 1.50 bits per heavy atom. The summed E-state index contributed by atoms with van der Waals surface area (Å²) in [5.74, 6) is 0. The first-order valence-corrected chi connectivity index (χ1v) is 4.38. The molecule has 4 heteroatoms. The van der Waals surface area contributed by atoms with E-state index < -0.39 is 11.8 Å². The van der Waals surface area contributed by atoms with Crippen LogP contribution in [0, 0.1) is 0 Å². The average Bonchev–Trinajstić information content (AvgIpc) is 2.61. The van der Waals surface area contributed by atoms with E-state index in [1.54, 1.807) is 0 Å². The van der Waals surface area contributed by atoms with E-state index in [1.165, 1.54) is 0 Å². The third-order valence-electron chi connectivity index (χ3n) is 2.52. The summed E-state index contributed by atoms with van der Waals surface area (Å²) in [6.07, 6.45) is 0.847. The van der Waals surface area contributed by atoms with Crippen LogP contribution in [0.5, 0.6) is 0 Å². The number of aliphatic hydroxyl groups is 1. The summed E-state index contributed by atoms with van der Waals surface area (Å²) in [5, 5.41) is 12.3. The van der Waals surface area contributed by atoms with E-state index >= 15 is 0 Å². The fourth-order valence-electron chi connectivity index (χ4n) is 1.36. The van der Waals surface area contributed by atoms with Crippen LogP contribution in [-0.2, 0) is 4.74 Å². The van der Waals surface area contributed by atoms with Crippen molar-refractivity contribution in [1.82, 2.24) is 5.32 Å². The third kappa shape index (κ3) is 1.76. The quantitative estimate of drug-likeness (QED) is 0.626. The number of alkyl halides is 1. The molecule has 0 bridgehead atoms. The summed E-state index contributed by atoms with van der Waals surface area (Å²) in [5.41, 5.74) is -0.984. The molecule has 1 saturated carbocycles. The molecular formula is C8H14FNO2. The third-order valence-corrected chi connectivity index (χ3v) is 2.52. The predicted molar refractivity (Wildman–Crippen MR) is 41.7 cm³/mol. The van der Waals surface area contributed by atoms with Gasteiger partial charge >= 0.3 is 0 Å². The van der Waals surface area contributed by atoms with Gasteiger partial charge in [-0.3, -0.25) is 0 Å². The number of ether oxygens (including phenoxy) is 1. The van der Waals surface area contributed by atoms with Crippen LogP contribution in [0.25, 0.3) is 0 Å². The second kappa shape index (κ2) is 2.94. The van der Waals surface area contributed by atoms with Gasteiger partial charge in [0, 0.05) is 6.54 Å². The molecule has 1 heterocycles. The van der Waals surface area contributed by atoms with Crippen LogP contribution in [0.4, 0.5) is 4.39 Å². The van der Waals surface area contributed by atoms with Crippen LogP contribution in [0.15, 0.2) is 0 Å². The van der Waals surface area contributed by atoms with Crippen LogP contribution in [0.3, 0.4) is 0 Å². The summed E-state index contributed by atoms with van der Waals surface area (Å²) < 4.78 is 18.1. The van der Waals surface area contributed by atoms with Crippen LogP contribution in [0.1, 0.15) is 12.8 Å². The van der Waals surface area contributed by atoms with Gasteiger partial charge < -0.3 is 15.2 Å². The molecule has 1 aliphatic heterocycles. The van der Waals surface area contributed by atoms with Gasteiger partial charge in [0.05, 0.1) is 25.4 Å². The van der Waals surface area contributed by atoms with Crippen molar-refractivity contribution in [3.8, 4) is 0 Å². The van der Waals surface area contributed by atoms with Gasteiger partial charge in [-0.15, -0.1) is 0 Å². The Morgan fingerprint density at radius 2 is 2.25 bits per heavy atom. The SMILES string of the molecule is OC1COCC1NCC1(F)CC1. The second-order valence-electron chi connectivity index (χ2n) is 3.74. The second-order valence-corrected chi connectivity index (χ2v) is 3.74. The molecule has 2 aliphatic rings. The van der Waals surface area contributed by atoms with Crippen molar-refractivity contribution < 1.29 is 14.2 Å². The molecule has 0 aromatic carbocycles. The first kappa shape index (κ1) is 8.41. The summed E-state index contributed by atoms with van der Waals surface area (Å²) in [4.78, 5) is 0. The number of halogens is 1. The van der Waals surface area contributed by atoms with Crippen molar-refractivity contribution in [3.05, 3.63) is 0 Å². The summed E-state index contributed by atoms with van der Waals surface area (Å²) >= 11 is 0. The Labute approximate surface area is 70.9 Å². The standard InChI is InChI=1S/C8H14FNO2/c9-8(1-2-8)5-10-6-3-12-4-7(6)11/h6-7,10-11H,1-5H2. The lowest BCUT2D eigenvalue weighted by Crippen LogP contribution is -2.42. The smallest absolute Gasteiger partial charge is 0.123 e. The number of hydrogen-bond donors (Lipinski definition) is 2. The van der Waals surface area contributed by atoms with E-state index in [-0.39, 0.29) is 6.04 Å². The predicted octanol–water partition coefficient (Wildman–Crippen LogP) is -0.162. The van der Waals surface area contributed by atoms with Crippen molar-refractivity contribution in [2.24, 2.45) is 0 Å². The van der Waals surface area contributed by atoms with E-state index in [9.17, 15) is 9.50 Å². The highest BCUT2D eigenvalue weighted by atomic mass is 19.1. The van der Waals surface area contributed by atoms with Crippen LogP contribution in [-0.4, -0.2) is 42.7 Å². The summed E-state index contributed by atoms with van der Waals surface area (Å²) in [6, 6.07) is -0.0711. The Morgan fingerprint density at radius 3 is 2.75 bits per heavy atom. The topological polar surface area (TPSA) is 41.5 Å². The van der Waals surface area contributed by atoms with E-state index in [2.05, 4.69) is 5.32 Å². The fourth-order valence-corrected chi connectivity index (χ4v) is 1.36. The molecule has 2 rings (SSSR count). The first-order valence-electron chi connectivity index (χ1n) is 4.38. The molecule has 0 aromatic rings. The Kier molecular flexibility index (Phi) is 2.06. The molecule has 2 unspecified atom stereocenters. The van der Waals surface area contributed by atoms with Crippen molar-refractivity contribution in [2.75, 3.05) is 19.8 Å². The number of aliphatic hydroxyl groups excluding tert-OH is 1. The Hall–Kier alpha value is -0.190. The molecule has 3 nitrogen and oxygen atoms in total. The normalized spacial score (nSPS) is 38.5. The zero-order chi connectivity index (χ0) is 8.60. The molecule has 0 aromatic heterocycles. The van der Waals surface area contributed by atoms with E-state index in [1.807, 2.05) is 0 Å². The lowest BCUT2D eigenvalue weighted by Gasteiger charge is -2.15. The van der Waals surface area contributed by atoms with Crippen LogP contribution >= 0.6 is 0 Å². The molecule has 12 heavy (non-hydrogen) atoms. The van der Waals surface area contributed by atoms with Crippen LogP contribution < -0.4 is 5.32 Å². The van der Waals surface area contributed by atoms with Gasteiger partial charge in [0.25, 0.3) is 0 Å². The summed E-state index contributed by atoms with van der Waals surface area (Å²) in [6.45, 7) is 1.23. The minimum atomic E-state index is -0.984. The maximum absolute atomic E-state index is 13.1. The maximum Gasteiger partial charge on any atom is 0.123 e. The van der Waals surface area contributed by atoms with E-state index in [4.69, 9.17) is 4.74 Å². The average molecular weight is 175 g/mol. The van der Waals surface area contributed by atoms with E-state index in [0.29, 0.717) is 32.6 Å². The van der Waals surface area contributed by atoms with Gasteiger partial charge in [0.15, 0.2) is 0 Å². The maximum atomic E-state index is 13.1. The molecule has 1 aliphatic carbocycles. The molecule has 2 N–H and O–H groups in total. The minimum Gasteiger partial charge on any atom is -0.389 e. The fraction of sp³-hybridized carbons (Fsp3) is 1.00. The van der Waals surface area contributed by atoms with Gasteiger partial charge in [-0.05, 0) is 12.8 Å². The van der Waals surface area contributed by atoms with Crippen molar-refractivity contribution in [1.29, 1.82) is 0 Å². The molecule has 2 atom stereocenters. The molecular weight excluding hydrogens is 161 g/mol. The molecule has 2 fully saturated rings. The highest BCUT2D eigenvalue weighted by molar-refractivity contribution is 4.97. The van der Waals surface area contributed by atoms with E-state index in [0.717, 1.165) is 0 Å². The largest absolute Gasteiger partial charge is 0.389 e. The van der Waals surface area contributed by atoms with Crippen LogP contribution in [0.2, 0.25) is 0 Å². The molecule has 0 amide bonds. The lowest BCUT2D eigenvalue weighted by molar-refractivity contribution is 0.121. The summed E-state index contributed by atoms with van der Waals surface area (Å²) in [7, 11) is 0. The van der Waals surface area contributed by atoms with Crippen molar-refractivity contribution >= 4 is 0 Å². The molecule has 0 radical (unpaired) electrons. The van der Waals surface area contributed by atoms with Gasteiger partial charge in [-0.25, -0.2) is 4.39 Å². The first-order chi connectivity index (χ1) is 5.70. The van der Waals surface area contributed by atoms with Crippen molar-refractivity contribution in [3.63, 3.8) is 0 Å². The van der Waals surface area contributed by atoms with Gasteiger partial charge in [-0.1, -0.05) is 0 Å². The zero-order valence-corrected chi connectivity index (χ0v) is 6.92. The molecule has 70 valence electrons. The van der Waals surface area contributed by atoms with Gasteiger partial charge in [-0.2, -0.15) is 0 Å². The lowest BCUT2D eigenvalue weighted by atomic mass is 10.2.